The molecule has 0 aliphatic heterocycles. The quantitative estimate of drug-likeness (QED) is 0.628. The molecular formula is C14H14BrClS. The minimum Gasteiger partial charge on any atom is -0.127 e. The highest BCUT2D eigenvalue weighted by molar-refractivity contribution is 9.09. The van der Waals surface area contributed by atoms with Crippen molar-refractivity contribution in [1.82, 2.24) is 0 Å². The smallest absolute Gasteiger partial charge is 0.0960 e. The largest absolute Gasteiger partial charge is 0.127 e. The molecule has 0 spiro atoms. The Hall–Kier alpha value is -0.310. The Morgan fingerprint density at radius 2 is 1.94 bits per heavy atom. The molecule has 1 aromatic carbocycles. The predicted molar refractivity (Wildman–Crippen MR) is 80.7 cm³/mol. The first kappa shape index (κ1) is 13.1. The molecule has 2 aromatic rings. The van der Waals surface area contributed by atoms with Crippen molar-refractivity contribution in [2.75, 3.05) is 0 Å². The molecule has 0 aliphatic carbocycles. The van der Waals surface area contributed by atoms with Gasteiger partial charge in [0.05, 0.1) is 9.16 Å². The maximum Gasteiger partial charge on any atom is 0.0960 e. The van der Waals surface area contributed by atoms with Crippen molar-refractivity contribution in [3.63, 3.8) is 0 Å². The van der Waals surface area contributed by atoms with Gasteiger partial charge in [-0.3, -0.25) is 0 Å². The van der Waals surface area contributed by atoms with Gasteiger partial charge in [-0.1, -0.05) is 58.7 Å². The van der Waals surface area contributed by atoms with Crippen molar-refractivity contribution < 1.29 is 0 Å². The van der Waals surface area contributed by atoms with Gasteiger partial charge in [-0.2, -0.15) is 0 Å². The second-order valence-electron chi connectivity index (χ2n) is 4.06. The third-order valence-electron chi connectivity index (χ3n) is 2.81. The lowest BCUT2D eigenvalue weighted by molar-refractivity contribution is 1.12. The molecule has 0 aliphatic rings. The molecule has 0 fully saturated rings. The lowest BCUT2D eigenvalue weighted by Crippen LogP contribution is -1.90. The van der Waals surface area contributed by atoms with Crippen molar-refractivity contribution in [2.45, 2.75) is 25.1 Å². The molecule has 0 radical (unpaired) electrons. The van der Waals surface area contributed by atoms with Crippen molar-refractivity contribution in [3.8, 4) is 0 Å². The Labute approximate surface area is 120 Å². The van der Waals surface area contributed by atoms with Crippen LogP contribution in [0.15, 0.2) is 30.3 Å². The van der Waals surface area contributed by atoms with Crippen molar-refractivity contribution in [3.05, 3.63) is 56.2 Å². The van der Waals surface area contributed by atoms with Crippen molar-refractivity contribution in [1.29, 1.82) is 0 Å². The van der Waals surface area contributed by atoms with Gasteiger partial charge in [0, 0.05) is 4.88 Å². The molecule has 1 aromatic heterocycles. The Balaban J connectivity index is 2.26. The molecular weight excluding hydrogens is 316 g/mol. The highest BCUT2D eigenvalue weighted by atomic mass is 79.9. The summed E-state index contributed by atoms with van der Waals surface area (Å²) in [5.41, 5.74) is 3.80. The minimum atomic E-state index is 0.240. The average molecular weight is 330 g/mol. The molecule has 1 unspecified atom stereocenters. The number of alkyl halides is 1. The maximum absolute atomic E-state index is 6.11. The van der Waals surface area contributed by atoms with Crippen LogP contribution in [0.4, 0.5) is 0 Å². The summed E-state index contributed by atoms with van der Waals surface area (Å²) in [6.45, 7) is 4.21. The molecule has 0 saturated carbocycles. The fraction of sp³-hybridized carbons (Fsp3) is 0.286. The molecule has 2 rings (SSSR count). The number of hydrogen-bond donors (Lipinski definition) is 0. The molecule has 0 bridgehead atoms. The van der Waals surface area contributed by atoms with Gasteiger partial charge in [0.25, 0.3) is 0 Å². The molecule has 0 amide bonds. The van der Waals surface area contributed by atoms with Gasteiger partial charge in [-0.05, 0) is 36.1 Å². The second kappa shape index (κ2) is 5.55. The minimum absolute atomic E-state index is 0.240. The maximum atomic E-state index is 6.11. The number of aryl methyl sites for hydroxylation is 2. The van der Waals surface area contributed by atoms with Gasteiger partial charge in [-0.25, -0.2) is 0 Å². The number of thiophene rings is 1. The number of hydrogen-bond acceptors (Lipinski definition) is 1. The number of halogens is 2. The topological polar surface area (TPSA) is 0 Å². The Morgan fingerprint density at radius 3 is 2.41 bits per heavy atom. The van der Waals surface area contributed by atoms with E-state index in [-0.39, 0.29) is 4.83 Å². The molecule has 1 atom stereocenters. The van der Waals surface area contributed by atoms with E-state index in [0.29, 0.717) is 0 Å². The van der Waals surface area contributed by atoms with E-state index in [1.807, 2.05) is 6.92 Å². The highest BCUT2D eigenvalue weighted by Crippen LogP contribution is 2.38. The van der Waals surface area contributed by atoms with Crippen LogP contribution in [0.5, 0.6) is 0 Å². The van der Waals surface area contributed by atoms with Crippen LogP contribution in [0.3, 0.4) is 0 Å². The first-order chi connectivity index (χ1) is 8.11. The second-order valence-corrected chi connectivity index (χ2v) is 6.66. The third kappa shape index (κ3) is 2.93. The van der Waals surface area contributed by atoms with Crippen LogP contribution in [-0.4, -0.2) is 0 Å². The summed E-state index contributed by atoms with van der Waals surface area (Å²) in [6, 6.07) is 10.9. The van der Waals surface area contributed by atoms with E-state index in [9.17, 15) is 0 Å². The molecule has 0 nitrogen and oxygen atoms in total. The normalized spacial score (nSPS) is 12.7. The highest BCUT2D eigenvalue weighted by Gasteiger charge is 2.14. The summed E-state index contributed by atoms with van der Waals surface area (Å²) < 4.78 is 0.884. The molecule has 0 N–H and O–H groups in total. The monoisotopic (exact) mass is 328 g/mol. The van der Waals surface area contributed by atoms with Crippen molar-refractivity contribution in [2.24, 2.45) is 0 Å². The zero-order chi connectivity index (χ0) is 12.4. The first-order valence-corrected chi connectivity index (χ1v) is 7.71. The van der Waals surface area contributed by atoms with Crippen LogP contribution in [0, 0.1) is 6.92 Å². The Bertz CT molecular complexity index is 482. The third-order valence-corrected chi connectivity index (χ3v) is 5.75. The lowest BCUT2D eigenvalue weighted by Gasteiger charge is -2.08. The first-order valence-electron chi connectivity index (χ1n) is 5.60. The van der Waals surface area contributed by atoms with Crippen LogP contribution in [-0.2, 0) is 6.42 Å². The van der Waals surface area contributed by atoms with Crippen molar-refractivity contribution >= 4 is 38.9 Å². The average Bonchev–Trinajstić information content (AvgIpc) is 2.69. The van der Waals surface area contributed by atoms with E-state index >= 15 is 0 Å². The van der Waals surface area contributed by atoms with Gasteiger partial charge >= 0.3 is 0 Å². The van der Waals surface area contributed by atoms with E-state index in [1.165, 1.54) is 16.0 Å². The van der Waals surface area contributed by atoms with Crippen LogP contribution in [0.25, 0.3) is 0 Å². The van der Waals surface area contributed by atoms with Crippen LogP contribution in [0.2, 0.25) is 4.34 Å². The Kier molecular flexibility index (Phi) is 4.29. The Morgan fingerprint density at radius 1 is 1.29 bits per heavy atom. The van der Waals surface area contributed by atoms with E-state index < -0.39 is 0 Å². The molecule has 90 valence electrons. The van der Waals surface area contributed by atoms with E-state index in [2.05, 4.69) is 53.2 Å². The van der Waals surface area contributed by atoms with Gasteiger partial charge in [0.1, 0.15) is 0 Å². The zero-order valence-corrected chi connectivity index (χ0v) is 13.0. The fourth-order valence-corrected chi connectivity index (χ4v) is 3.64. The van der Waals surface area contributed by atoms with E-state index in [0.717, 1.165) is 16.3 Å². The number of benzene rings is 1. The number of rotatable bonds is 3. The van der Waals surface area contributed by atoms with Crippen LogP contribution in [0.1, 0.15) is 33.3 Å². The van der Waals surface area contributed by atoms with E-state index in [1.54, 1.807) is 11.3 Å². The SMILES string of the molecule is CCc1ccc(C(Br)c2cc(C)c(Cl)s2)cc1. The molecule has 3 heteroatoms. The summed E-state index contributed by atoms with van der Waals surface area (Å²) in [5.74, 6) is 0. The van der Waals surface area contributed by atoms with Crippen LogP contribution < -0.4 is 0 Å². The fourth-order valence-electron chi connectivity index (χ4n) is 1.70. The summed E-state index contributed by atoms with van der Waals surface area (Å²) in [4.78, 5) is 1.50. The summed E-state index contributed by atoms with van der Waals surface area (Å²) in [7, 11) is 0. The van der Waals surface area contributed by atoms with E-state index in [4.69, 9.17) is 11.6 Å². The molecule has 1 heterocycles. The predicted octanol–water partition coefficient (Wildman–Crippen LogP) is 5.76. The van der Waals surface area contributed by atoms with Gasteiger partial charge in [0.2, 0.25) is 0 Å². The lowest BCUT2D eigenvalue weighted by atomic mass is 10.1. The molecule has 17 heavy (non-hydrogen) atoms. The van der Waals surface area contributed by atoms with Gasteiger partial charge in [-0.15, -0.1) is 11.3 Å². The summed E-state index contributed by atoms with van der Waals surface area (Å²) in [5, 5.41) is 0. The zero-order valence-electron chi connectivity index (χ0n) is 9.84. The van der Waals surface area contributed by atoms with Gasteiger partial charge in [0.15, 0.2) is 0 Å². The molecule has 0 saturated heterocycles. The summed E-state index contributed by atoms with van der Waals surface area (Å²) >= 11 is 11.5. The summed E-state index contributed by atoms with van der Waals surface area (Å²) in [6.07, 6.45) is 1.08. The standard InChI is InChI=1S/C14H14BrClS/c1-3-10-4-6-11(7-5-10)13(15)12-8-9(2)14(16)17-12/h4-8,13H,3H2,1-2H3. The van der Waals surface area contributed by atoms with Crippen LogP contribution >= 0.6 is 38.9 Å². The van der Waals surface area contributed by atoms with Gasteiger partial charge < -0.3 is 0 Å².